The Hall–Kier alpha value is -1.46. The molecule has 1 N–H and O–H groups in total. The lowest BCUT2D eigenvalue weighted by Gasteiger charge is -2.18. The highest BCUT2D eigenvalue weighted by molar-refractivity contribution is 5.76. The van der Waals surface area contributed by atoms with E-state index in [2.05, 4.69) is 17.2 Å². The van der Waals surface area contributed by atoms with Crippen LogP contribution in [0.25, 0.3) is 11.0 Å². The molecule has 2 heterocycles. The Morgan fingerprint density at radius 1 is 1.45 bits per heavy atom. The number of nitrogens with zero attached hydrogens (tertiary/aromatic N) is 2. The van der Waals surface area contributed by atoms with E-state index in [9.17, 15) is 4.39 Å². The van der Waals surface area contributed by atoms with Crippen molar-refractivity contribution in [1.82, 2.24) is 14.9 Å². The fraction of sp³-hybridized carbons (Fsp3) is 0.533. The fourth-order valence-electron chi connectivity index (χ4n) is 2.87. The number of hydrogen-bond donors (Lipinski definition) is 1. The molecule has 0 amide bonds. The molecule has 1 aromatic heterocycles. The van der Waals surface area contributed by atoms with Gasteiger partial charge in [-0.05, 0) is 25.1 Å². The molecule has 1 saturated heterocycles. The number of benzene rings is 1. The summed E-state index contributed by atoms with van der Waals surface area (Å²) in [6, 6.07) is 5.34. The molecule has 0 aliphatic carbocycles. The molecule has 4 nitrogen and oxygen atoms in total. The van der Waals surface area contributed by atoms with Crippen molar-refractivity contribution >= 4 is 11.0 Å². The number of aryl methyl sites for hydroxylation is 1. The van der Waals surface area contributed by atoms with Gasteiger partial charge in [0, 0.05) is 13.1 Å². The van der Waals surface area contributed by atoms with Crippen molar-refractivity contribution in [1.29, 1.82) is 0 Å². The van der Waals surface area contributed by atoms with Gasteiger partial charge in [0.05, 0.1) is 24.6 Å². The van der Waals surface area contributed by atoms with Gasteiger partial charge < -0.3 is 14.6 Å². The zero-order chi connectivity index (χ0) is 14.1. The maximum atomic E-state index is 13.8. The second kappa shape index (κ2) is 5.50. The Balaban J connectivity index is 1.97. The van der Waals surface area contributed by atoms with Crippen LogP contribution < -0.4 is 5.32 Å². The Morgan fingerprint density at radius 3 is 3.05 bits per heavy atom. The quantitative estimate of drug-likeness (QED) is 0.931. The molecule has 108 valence electrons. The zero-order valence-corrected chi connectivity index (χ0v) is 11.9. The van der Waals surface area contributed by atoms with Crippen LogP contribution in [-0.4, -0.2) is 35.4 Å². The van der Waals surface area contributed by atoms with Crippen LogP contribution in [0.1, 0.15) is 25.1 Å². The molecule has 1 aliphatic heterocycles. The second-order valence-electron chi connectivity index (χ2n) is 5.34. The van der Waals surface area contributed by atoms with Gasteiger partial charge in [0.15, 0.2) is 5.82 Å². The number of hydrogen-bond acceptors (Lipinski definition) is 3. The molecule has 1 fully saturated rings. The lowest BCUT2D eigenvalue weighted by molar-refractivity contribution is 0.187. The number of aromatic nitrogens is 2. The third kappa shape index (κ3) is 2.21. The van der Waals surface area contributed by atoms with Gasteiger partial charge in [-0.1, -0.05) is 13.0 Å². The van der Waals surface area contributed by atoms with E-state index < -0.39 is 0 Å². The van der Waals surface area contributed by atoms with Gasteiger partial charge in [0.2, 0.25) is 0 Å². The molecule has 5 heteroatoms. The predicted octanol–water partition coefficient (Wildman–Crippen LogP) is 2.19. The van der Waals surface area contributed by atoms with Gasteiger partial charge in [-0.25, -0.2) is 9.37 Å². The summed E-state index contributed by atoms with van der Waals surface area (Å²) in [6.45, 7) is 4.43. The van der Waals surface area contributed by atoms with Crippen molar-refractivity contribution in [2.24, 2.45) is 7.05 Å². The molecule has 1 aromatic carbocycles. The molecule has 2 aromatic rings. The van der Waals surface area contributed by atoms with Crippen molar-refractivity contribution in [3.63, 3.8) is 0 Å². The van der Waals surface area contributed by atoms with Crippen LogP contribution >= 0.6 is 0 Å². The lowest BCUT2D eigenvalue weighted by Crippen LogP contribution is -2.35. The van der Waals surface area contributed by atoms with Crippen LogP contribution in [0.3, 0.4) is 0 Å². The minimum Gasteiger partial charge on any atom is -0.379 e. The van der Waals surface area contributed by atoms with Crippen molar-refractivity contribution in [3.05, 3.63) is 29.8 Å². The highest BCUT2D eigenvalue weighted by Gasteiger charge is 2.32. The van der Waals surface area contributed by atoms with Gasteiger partial charge in [-0.2, -0.15) is 0 Å². The summed E-state index contributed by atoms with van der Waals surface area (Å²) in [7, 11) is 1.94. The van der Waals surface area contributed by atoms with Crippen LogP contribution in [0.4, 0.5) is 4.39 Å². The molecule has 0 radical (unpaired) electrons. The molecule has 2 atom stereocenters. The van der Waals surface area contributed by atoms with Crippen molar-refractivity contribution < 1.29 is 9.13 Å². The van der Waals surface area contributed by atoms with Gasteiger partial charge in [-0.3, -0.25) is 0 Å². The van der Waals surface area contributed by atoms with Crippen molar-refractivity contribution in [2.75, 3.05) is 19.8 Å². The summed E-state index contributed by atoms with van der Waals surface area (Å²) in [5, 5.41) is 3.49. The van der Waals surface area contributed by atoms with Crippen LogP contribution in [0, 0.1) is 5.82 Å². The average molecular weight is 277 g/mol. The summed E-state index contributed by atoms with van der Waals surface area (Å²) in [6.07, 6.45) is 1.08. The first-order chi connectivity index (χ1) is 9.72. The third-order valence-corrected chi connectivity index (χ3v) is 3.97. The smallest absolute Gasteiger partial charge is 0.151 e. The van der Waals surface area contributed by atoms with E-state index in [1.807, 2.05) is 17.7 Å². The van der Waals surface area contributed by atoms with E-state index >= 15 is 0 Å². The van der Waals surface area contributed by atoms with E-state index in [-0.39, 0.29) is 17.8 Å². The number of ether oxygens (including phenoxy) is 1. The predicted molar refractivity (Wildman–Crippen MR) is 76.3 cm³/mol. The molecule has 20 heavy (non-hydrogen) atoms. The summed E-state index contributed by atoms with van der Waals surface area (Å²) < 4.78 is 21.4. The highest BCUT2D eigenvalue weighted by atomic mass is 19.1. The van der Waals surface area contributed by atoms with E-state index in [1.54, 1.807) is 6.07 Å². The first-order valence-electron chi connectivity index (χ1n) is 7.14. The highest BCUT2D eigenvalue weighted by Crippen LogP contribution is 2.28. The monoisotopic (exact) mass is 277 g/mol. The van der Waals surface area contributed by atoms with Crippen LogP contribution in [0.15, 0.2) is 18.2 Å². The normalized spacial score (nSPS) is 22.8. The molecule has 0 saturated carbocycles. The van der Waals surface area contributed by atoms with Gasteiger partial charge >= 0.3 is 0 Å². The Morgan fingerprint density at radius 2 is 2.30 bits per heavy atom. The van der Waals surface area contributed by atoms with Crippen LogP contribution in [0.5, 0.6) is 0 Å². The maximum absolute atomic E-state index is 13.8. The van der Waals surface area contributed by atoms with Crippen LogP contribution in [-0.2, 0) is 11.8 Å². The van der Waals surface area contributed by atoms with Crippen molar-refractivity contribution in [2.45, 2.75) is 25.3 Å². The number of nitrogens with one attached hydrogen (secondary N) is 1. The number of fused-ring (bicyclic) bond motifs is 1. The average Bonchev–Trinajstić information content (AvgIpc) is 3.02. The largest absolute Gasteiger partial charge is 0.379 e. The summed E-state index contributed by atoms with van der Waals surface area (Å²) >= 11 is 0. The van der Waals surface area contributed by atoms with E-state index in [0.717, 1.165) is 24.3 Å². The minimum atomic E-state index is -0.263. The number of halogens is 1. The number of para-hydroxylation sites is 1. The first kappa shape index (κ1) is 13.5. The SMILES string of the molecule is CCCNC1COCC1c1nc2c(F)cccc2n1C. The molecular formula is C15H20FN3O. The Bertz CT molecular complexity index is 610. The molecular weight excluding hydrogens is 257 g/mol. The summed E-state index contributed by atoms with van der Waals surface area (Å²) in [5.74, 6) is 0.816. The first-order valence-corrected chi connectivity index (χ1v) is 7.14. The molecule has 1 aliphatic rings. The summed E-state index contributed by atoms with van der Waals surface area (Å²) in [5.41, 5.74) is 1.28. The van der Waals surface area contributed by atoms with E-state index in [4.69, 9.17) is 4.74 Å². The standard InChI is InChI=1S/C15H20FN3O/c1-3-7-17-12-9-20-8-10(12)15-18-14-11(16)5-4-6-13(14)19(15)2/h4-6,10,12,17H,3,7-9H2,1-2H3. The third-order valence-electron chi connectivity index (χ3n) is 3.97. The second-order valence-corrected chi connectivity index (χ2v) is 5.34. The Kier molecular flexibility index (Phi) is 3.72. The van der Waals surface area contributed by atoms with Gasteiger partial charge in [0.25, 0.3) is 0 Å². The van der Waals surface area contributed by atoms with Gasteiger partial charge in [-0.15, -0.1) is 0 Å². The maximum Gasteiger partial charge on any atom is 0.151 e. The fourth-order valence-corrected chi connectivity index (χ4v) is 2.87. The zero-order valence-electron chi connectivity index (χ0n) is 11.9. The number of imidazole rings is 1. The molecule has 2 unspecified atom stereocenters. The van der Waals surface area contributed by atoms with E-state index in [0.29, 0.717) is 18.7 Å². The summed E-state index contributed by atoms with van der Waals surface area (Å²) in [4.78, 5) is 4.52. The van der Waals surface area contributed by atoms with Gasteiger partial charge in [0.1, 0.15) is 11.3 Å². The molecule has 0 spiro atoms. The van der Waals surface area contributed by atoms with Crippen molar-refractivity contribution in [3.8, 4) is 0 Å². The molecule has 0 bridgehead atoms. The van der Waals surface area contributed by atoms with Crippen LogP contribution in [0.2, 0.25) is 0 Å². The minimum absolute atomic E-state index is 0.179. The topological polar surface area (TPSA) is 39.1 Å². The number of rotatable bonds is 4. The Labute approximate surface area is 117 Å². The lowest BCUT2D eigenvalue weighted by atomic mass is 10.0. The molecule has 3 rings (SSSR count). The van der Waals surface area contributed by atoms with E-state index in [1.165, 1.54) is 6.07 Å².